The second-order valence-electron chi connectivity index (χ2n) is 7.61. The van der Waals surface area contributed by atoms with E-state index in [9.17, 15) is 19.9 Å². The molecule has 2 N–H and O–H groups in total. The highest BCUT2D eigenvalue weighted by atomic mass is 16.5. The number of hydrogen-bond acceptors (Lipinski definition) is 3. The Morgan fingerprint density at radius 1 is 1.15 bits per heavy atom. The van der Waals surface area contributed by atoms with Gasteiger partial charge in [0, 0.05) is 31.2 Å². The summed E-state index contributed by atoms with van der Waals surface area (Å²) in [5.41, 5.74) is 3.43. The molecule has 1 fully saturated rings. The molecule has 2 aromatic rings. The van der Waals surface area contributed by atoms with Gasteiger partial charge in [-0.15, -0.1) is 0 Å². The molecule has 140 valence electrons. The first-order valence-corrected chi connectivity index (χ1v) is 9.37. The van der Waals surface area contributed by atoms with Gasteiger partial charge in [0.2, 0.25) is 5.91 Å². The van der Waals surface area contributed by atoms with Crippen LogP contribution in [0.1, 0.15) is 24.0 Å². The first-order valence-electron chi connectivity index (χ1n) is 9.37. The first kappa shape index (κ1) is 16.2. The van der Waals surface area contributed by atoms with Crippen molar-refractivity contribution in [2.75, 3.05) is 19.6 Å². The van der Waals surface area contributed by atoms with Gasteiger partial charge in [-0.25, -0.2) is 4.79 Å². The molecule has 5 rings (SSSR count). The number of amides is 2. The summed E-state index contributed by atoms with van der Waals surface area (Å²) in [4.78, 5) is 28.2. The average molecular weight is 367 g/mol. The molecule has 0 saturated carbocycles. The van der Waals surface area contributed by atoms with Crippen molar-refractivity contribution in [3.63, 3.8) is 0 Å². The van der Waals surface area contributed by atoms with Crippen LogP contribution in [0.25, 0.3) is 16.5 Å². The highest BCUT2D eigenvalue weighted by molar-refractivity contribution is 6.00. The van der Waals surface area contributed by atoms with E-state index in [1.807, 2.05) is 29.2 Å². The Kier molecular flexibility index (Phi) is 3.47. The van der Waals surface area contributed by atoms with E-state index in [1.165, 1.54) is 4.90 Å². The second kappa shape index (κ2) is 5.77. The Balaban J connectivity index is 1.64. The number of carboxylic acid groups (broad SMARTS) is 1. The number of nitrogens with zero attached hydrogens (tertiary/aromatic N) is 3. The van der Waals surface area contributed by atoms with Crippen LogP contribution in [0.3, 0.4) is 0 Å². The SMILES string of the molecule is O=C([C@@H]1C=C2c3cccc4c3c(cn4O)C[C@H]2N(C(=O)O)C1)N1CCCC1. The van der Waals surface area contributed by atoms with Crippen LogP contribution >= 0.6 is 0 Å². The van der Waals surface area contributed by atoms with Gasteiger partial charge in [-0.05, 0) is 42.0 Å². The fraction of sp³-hybridized carbons (Fsp3) is 0.400. The van der Waals surface area contributed by atoms with Gasteiger partial charge in [-0.1, -0.05) is 18.2 Å². The van der Waals surface area contributed by atoms with E-state index < -0.39 is 12.0 Å². The minimum Gasteiger partial charge on any atom is -0.465 e. The van der Waals surface area contributed by atoms with Crippen molar-refractivity contribution >= 4 is 28.5 Å². The largest absolute Gasteiger partial charge is 0.465 e. The van der Waals surface area contributed by atoms with E-state index in [0.29, 0.717) is 11.9 Å². The van der Waals surface area contributed by atoms with Crippen molar-refractivity contribution in [3.05, 3.63) is 41.6 Å². The smallest absolute Gasteiger partial charge is 0.407 e. The summed E-state index contributed by atoms with van der Waals surface area (Å²) in [5.74, 6) is -0.444. The molecule has 3 aliphatic rings. The third-order valence-corrected chi connectivity index (χ3v) is 6.10. The molecular formula is C20H21N3O4. The second-order valence-corrected chi connectivity index (χ2v) is 7.61. The van der Waals surface area contributed by atoms with Gasteiger partial charge in [0.1, 0.15) is 0 Å². The molecule has 3 heterocycles. The third kappa shape index (κ3) is 2.34. The molecule has 0 bridgehead atoms. The summed E-state index contributed by atoms with van der Waals surface area (Å²) in [7, 11) is 0. The molecule has 1 saturated heterocycles. The fourth-order valence-corrected chi connectivity index (χ4v) is 4.86. The van der Waals surface area contributed by atoms with Crippen LogP contribution in [0.15, 0.2) is 30.5 Å². The molecule has 2 atom stereocenters. The Bertz CT molecular complexity index is 987. The van der Waals surface area contributed by atoms with Crippen molar-refractivity contribution in [1.82, 2.24) is 14.5 Å². The topological polar surface area (TPSA) is 86.0 Å². The number of aromatic nitrogens is 1. The van der Waals surface area contributed by atoms with E-state index in [4.69, 9.17) is 0 Å². The number of carbonyl (C=O) groups is 2. The fourth-order valence-electron chi connectivity index (χ4n) is 4.86. The lowest BCUT2D eigenvalue weighted by molar-refractivity contribution is -0.133. The maximum Gasteiger partial charge on any atom is 0.407 e. The molecule has 1 aromatic carbocycles. The molecule has 0 radical (unpaired) electrons. The molecule has 0 unspecified atom stereocenters. The highest BCUT2D eigenvalue weighted by Crippen LogP contribution is 2.42. The number of fused-ring (bicyclic) bond motifs is 2. The molecule has 27 heavy (non-hydrogen) atoms. The predicted molar refractivity (Wildman–Crippen MR) is 98.6 cm³/mol. The van der Waals surface area contributed by atoms with Crippen molar-refractivity contribution < 1.29 is 19.9 Å². The van der Waals surface area contributed by atoms with E-state index in [-0.39, 0.29) is 18.5 Å². The molecule has 2 aliphatic heterocycles. The molecule has 1 aromatic heterocycles. The average Bonchev–Trinajstić information content (AvgIpc) is 3.30. The van der Waals surface area contributed by atoms with Crippen molar-refractivity contribution in [3.8, 4) is 0 Å². The number of benzene rings is 1. The molecule has 1 aliphatic carbocycles. The Labute approximate surface area is 156 Å². The van der Waals surface area contributed by atoms with Gasteiger partial charge in [-0.2, -0.15) is 4.73 Å². The van der Waals surface area contributed by atoms with E-state index in [2.05, 4.69) is 0 Å². The zero-order chi connectivity index (χ0) is 18.7. The van der Waals surface area contributed by atoms with E-state index in [1.54, 1.807) is 6.20 Å². The van der Waals surface area contributed by atoms with Crippen LogP contribution in [-0.4, -0.2) is 62.5 Å². The number of hydrogen-bond donors (Lipinski definition) is 2. The summed E-state index contributed by atoms with van der Waals surface area (Å²) in [6.45, 7) is 1.69. The summed E-state index contributed by atoms with van der Waals surface area (Å²) in [5, 5.41) is 20.9. The Morgan fingerprint density at radius 2 is 1.93 bits per heavy atom. The van der Waals surface area contributed by atoms with Crippen molar-refractivity contribution in [2.45, 2.75) is 25.3 Å². The van der Waals surface area contributed by atoms with E-state index >= 15 is 0 Å². The van der Waals surface area contributed by atoms with Gasteiger partial charge in [0.25, 0.3) is 0 Å². The van der Waals surface area contributed by atoms with Crippen LogP contribution in [0.4, 0.5) is 4.79 Å². The number of carbonyl (C=O) groups excluding carboxylic acids is 1. The van der Waals surface area contributed by atoms with Crippen LogP contribution in [0.2, 0.25) is 0 Å². The highest BCUT2D eigenvalue weighted by Gasteiger charge is 2.41. The van der Waals surface area contributed by atoms with Crippen LogP contribution < -0.4 is 0 Å². The van der Waals surface area contributed by atoms with Gasteiger partial charge < -0.3 is 15.2 Å². The zero-order valence-electron chi connectivity index (χ0n) is 14.8. The minimum atomic E-state index is -1.01. The lowest BCUT2D eigenvalue weighted by atomic mass is 9.79. The molecule has 0 spiro atoms. The number of rotatable bonds is 1. The monoisotopic (exact) mass is 367 g/mol. The maximum atomic E-state index is 13.0. The molecule has 2 amide bonds. The standard InChI is InChI=1S/C20H21N3O4/c24-19(21-6-1-2-7-21)13-8-15-14-4-3-5-16-18(14)12(11-23(16)27)9-17(15)22(10-13)20(25)26/h3-5,8,11,13,17,27H,1-2,6-7,9-10H2,(H,25,26)/t13-,17-/m1/s1. The summed E-state index contributed by atoms with van der Waals surface area (Å²) < 4.78 is 1.10. The molecule has 7 heteroatoms. The van der Waals surface area contributed by atoms with Crippen molar-refractivity contribution in [2.24, 2.45) is 5.92 Å². The molecule has 7 nitrogen and oxygen atoms in total. The summed E-state index contributed by atoms with van der Waals surface area (Å²) >= 11 is 0. The minimum absolute atomic E-state index is 0.0161. The van der Waals surface area contributed by atoms with Gasteiger partial charge in [0.15, 0.2) is 0 Å². The van der Waals surface area contributed by atoms with Crippen LogP contribution in [0, 0.1) is 5.92 Å². The third-order valence-electron chi connectivity index (χ3n) is 6.10. The summed E-state index contributed by atoms with van der Waals surface area (Å²) in [6.07, 6.45) is 5.14. The summed E-state index contributed by atoms with van der Waals surface area (Å²) in [6, 6.07) is 5.32. The van der Waals surface area contributed by atoms with Gasteiger partial charge >= 0.3 is 6.09 Å². The quantitative estimate of drug-likeness (QED) is 0.758. The predicted octanol–water partition coefficient (Wildman–Crippen LogP) is 2.42. The zero-order valence-corrected chi connectivity index (χ0v) is 14.8. The lowest BCUT2D eigenvalue weighted by Gasteiger charge is -2.40. The Morgan fingerprint density at radius 3 is 2.67 bits per heavy atom. The normalized spacial score (nSPS) is 24.1. The van der Waals surface area contributed by atoms with Crippen LogP contribution in [-0.2, 0) is 11.2 Å². The van der Waals surface area contributed by atoms with Gasteiger partial charge in [-0.3, -0.25) is 9.69 Å². The van der Waals surface area contributed by atoms with Crippen LogP contribution in [0.5, 0.6) is 0 Å². The maximum absolute atomic E-state index is 13.0. The lowest BCUT2D eigenvalue weighted by Crippen LogP contribution is -2.51. The van der Waals surface area contributed by atoms with Gasteiger partial charge in [0.05, 0.1) is 17.5 Å². The first-order chi connectivity index (χ1) is 13.0. The molecular weight excluding hydrogens is 346 g/mol. The Hall–Kier alpha value is -2.96. The van der Waals surface area contributed by atoms with Crippen molar-refractivity contribution in [1.29, 1.82) is 0 Å². The van der Waals surface area contributed by atoms with E-state index in [0.717, 1.165) is 52.7 Å². The number of likely N-dealkylation sites (tertiary alicyclic amines) is 1.